The Morgan fingerprint density at radius 1 is 1.24 bits per heavy atom. The molecule has 0 radical (unpaired) electrons. The molecule has 2 aliphatic rings. The summed E-state index contributed by atoms with van der Waals surface area (Å²) in [6, 6.07) is 9.40. The topological polar surface area (TPSA) is 87.9 Å². The highest BCUT2D eigenvalue weighted by molar-refractivity contribution is 5.92. The van der Waals surface area contributed by atoms with Crippen molar-refractivity contribution in [2.75, 3.05) is 0 Å². The molecule has 2 aromatic rings. The van der Waals surface area contributed by atoms with Gasteiger partial charge in [0.05, 0.1) is 17.9 Å². The molecule has 2 aliphatic heterocycles. The van der Waals surface area contributed by atoms with Gasteiger partial charge in [-0.15, -0.1) is 0 Å². The molecular formula is C23H33N5O. The van der Waals surface area contributed by atoms with Crippen LogP contribution in [0.15, 0.2) is 30.5 Å². The fourth-order valence-electron chi connectivity index (χ4n) is 5.64. The summed E-state index contributed by atoms with van der Waals surface area (Å²) in [5, 5.41) is 11.4. The number of H-pyrrole nitrogens is 1. The second-order valence-electron chi connectivity index (χ2n) is 8.82. The molecule has 6 nitrogen and oxygen atoms in total. The van der Waals surface area contributed by atoms with E-state index in [1.807, 2.05) is 24.4 Å². The monoisotopic (exact) mass is 395 g/mol. The van der Waals surface area contributed by atoms with Crippen LogP contribution in [0, 0.1) is 5.92 Å². The van der Waals surface area contributed by atoms with Crippen molar-refractivity contribution in [1.82, 2.24) is 20.3 Å². The number of hydrogen-bond donors (Lipinski definition) is 2. The molecule has 156 valence electrons. The fraction of sp³-hybridized carbons (Fsp3) is 0.609. The number of fused-ring (bicyclic) bond motifs is 2. The van der Waals surface area contributed by atoms with Crippen LogP contribution in [0.5, 0.6) is 0 Å². The summed E-state index contributed by atoms with van der Waals surface area (Å²) in [5.41, 5.74) is 8.47. The van der Waals surface area contributed by atoms with Crippen molar-refractivity contribution in [2.24, 2.45) is 11.7 Å². The molecule has 1 amide bonds. The van der Waals surface area contributed by atoms with Crippen LogP contribution in [0.2, 0.25) is 0 Å². The molecule has 2 saturated heterocycles. The quantitative estimate of drug-likeness (QED) is 0.702. The Morgan fingerprint density at radius 3 is 2.55 bits per heavy atom. The smallest absolute Gasteiger partial charge is 0.248 e. The molecule has 0 spiro atoms. The second-order valence-corrected chi connectivity index (χ2v) is 8.82. The van der Waals surface area contributed by atoms with E-state index in [-0.39, 0.29) is 5.91 Å². The molecule has 3 N–H and O–H groups in total. The summed E-state index contributed by atoms with van der Waals surface area (Å²) in [5.74, 6) is 0.860. The Morgan fingerprint density at radius 2 is 1.97 bits per heavy atom. The minimum atomic E-state index is -0.344. The summed E-state index contributed by atoms with van der Waals surface area (Å²) >= 11 is 0. The first-order valence-electron chi connectivity index (χ1n) is 11.1. The van der Waals surface area contributed by atoms with E-state index in [0.717, 1.165) is 25.0 Å². The van der Waals surface area contributed by atoms with Crippen molar-refractivity contribution in [3.8, 4) is 0 Å². The minimum Gasteiger partial charge on any atom is -0.366 e. The maximum Gasteiger partial charge on any atom is 0.248 e. The van der Waals surface area contributed by atoms with E-state index in [1.165, 1.54) is 31.2 Å². The number of aromatic nitrogens is 3. The van der Waals surface area contributed by atoms with Crippen molar-refractivity contribution >= 4 is 5.91 Å². The lowest BCUT2D eigenvalue weighted by Crippen LogP contribution is -2.45. The SMILES string of the molecule is CCC(CC)CC(c1cn[nH]n1)N1C2CCC1CC(c1cccc(C(N)=O)c1)C2. The van der Waals surface area contributed by atoms with Crippen molar-refractivity contribution in [3.05, 3.63) is 47.3 Å². The van der Waals surface area contributed by atoms with Gasteiger partial charge in [0.2, 0.25) is 5.91 Å². The Hall–Kier alpha value is -2.21. The number of benzene rings is 1. The van der Waals surface area contributed by atoms with Crippen molar-refractivity contribution in [3.63, 3.8) is 0 Å². The maximum absolute atomic E-state index is 11.6. The van der Waals surface area contributed by atoms with Crippen LogP contribution in [0.1, 0.15) is 92.4 Å². The molecule has 1 aromatic carbocycles. The Balaban J connectivity index is 1.56. The van der Waals surface area contributed by atoms with Crippen LogP contribution in [0.3, 0.4) is 0 Å². The van der Waals surface area contributed by atoms with Gasteiger partial charge in [0.1, 0.15) is 0 Å². The Bertz CT molecular complexity index is 802. The highest BCUT2D eigenvalue weighted by Crippen LogP contribution is 2.48. The normalized spacial score (nSPS) is 25.4. The summed E-state index contributed by atoms with van der Waals surface area (Å²) in [6.45, 7) is 4.58. The summed E-state index contributed by atoms with van der Waals surface area (Å²) in [7, 11) is 0. The first-order valence-corrected chi connectivity index (χ1v) is 11.1. The van der Waals surface area contributed by atoms with Gasteiger partial charge in [-0.1, -0.05) is 38.8 Å². The van der Waals surface area contributed by atoms with Gasteiger partial charge < -0.3 is 5.73 Å². The highest BCUT2D eigenvalue weighted by atomic mass is 16.1. The largest absolute Gasteiger partial charge is 0.366 e. The standard InChI is InChI=1S/C23H33N5O/c1-3-15(4-2)10-22(21-14-25-27-26-21)28-19-8-9-20(28)13-18(12-19)16-6-5-7-17(11-16)23(24)29/h5-7,11,14-15,18-20,22H,3-4,8-10,12-13H2,1-2H3,(H2,24,29)(H,25,26,27). The Labute approximate surface area is 173 Å². The van der Waals surface area contributed by atoms with Gasteiger partial charge in [0.25, 0.3) is 0 Å². The molecule has 0 saturated carbocycles. The van der Waals surface area contributed by atoms with Gasteiger partial charge in [-0.25, -0.2) is 0 Å². The van der Waals surface area contributed by atoms with Gasteiger partial charge in [-0.05, 0) is 61.6 Å². The highest BCUT2D eigenvalue weighted by Gasteiger charge is 2.45. The molecule has 1 aromatic heterocycles. The molecule has 2 bridgehead atoms. The lowest BCUT2D eigenvalue weighted by Gasteiger charge is -2.44. The zero-order valence-corrected chi connectivity index (χ0v) is 17.6. The number of primary amides is 1. The van der Waals surface area contributed by atoms with E-state index in [2.05, 4.69) is 40.2 Å². The first kappa shape index (κ1) is 20.1. The first-order chi connectivity index (χ1) is 14.1. The molecular weight excluding hydrogens is 362 g/mol. The Kier molecular flexibility index (Phi) is 5.99. The van der Waals surface area contributed by atoms with Gasteiger partial charge in [-0.2, -0.15) is 15.4 Å². The van der Waals surface area contributed by atoms with Crippen LogP contribution in [-0.2, 0) is 0 Å². The zero-order chi connectivity index (χ0) is 20.4. The number of carbonyl (C=O) groups excluding carboxylic acids is 1. The molecule has 3 atom stereocenters. The number of amides is 1. The molecule has 0 aliphatic carbocycles. The van der Waals surface area contributed by atoms with Crippen molar-refractivity contribution < 1.29 is 4.79 Å². The van der Waals surface area contributed by atoms with Gasteiger partial charge in [0.15, 0.2) is 0 Å². The van der Waals surface area contributed by atoms with E-state index in [1.54, 1.807) is 0 Å². The van der Waals surface area contributed by atoms with Crippen LogP contribution >= 0.6 is 0 Å². The predicted octanol–water partition coefficient (Wildman–Crippen LogP) is 4.18. The number of nitrogens with one attached hydrogen (secondary N) is 1. The number of rotatable bonds is 8. The molecule has 4 rings (SSSR count). The number of nitrogens with zero attached hydrogens (tertiary/aromatic N) is 3. The number of aromatic amines is 1. The van der Waals surface area contributed by atoms with Gasteiger partial charge in [0, 0.05) is 17.6 Å². The molecule has 6 heteroatoms. The van der Waals surface area contributed by atoms with E-state index in [4.69, 9.17) is 5.73 Å². The van der Waals surface area contributed by atoms with Crippen LogP contribution in [0.25, 0.3) is 0 Å². The average Bonchev–Trinajstić information content (AvgIpc) is 3.35. The molecule has 2 fully saturated rings. The number of carbonyl (C=O) groups is 1. The summed E-state index contributed by atoms with van der Waals surface area (Å²) in [4.78, 5) is 14.4. The summed E-state index contributed by atoms with van der Waals surface area (Å²) in [6.07, 6.45) is 10.2. The van der Waals surface area contributed by atoms with Crippen LogP contribution in [0.4, 0.5) is 0 Å². The van der Waals surface area contributed by atoms with Crippen molar-refractivity contribution in [1.29, 1.82) is 0 Å². The third-order valence-corrected chi connectivity index (χ3v) is 7.28. The fourth-order valence-corrected chi connectivity index (χ4v) is 5.64. The molecule has 29 heavy (non-hydrogen) atoms. The number of piperidine rings is 1. The minimum absolute atomic E-state index is 0.342. The average molecular weight is 396 g/mol. The molecule has 3 unspecified atom stereocenters. The third kappa shape index (κ3) is 4.08. The second kappa shape index (κ2) is 8.66. The van der Waals surface area contributed by atoms with Crippen LogP contribution in [-0.4, -0.2) is 38.3 Å². The molecule has 3 heterocycles. The van der Waals surface area contributed by atoms with Gasteiger partial charge in [-0.3, -0.25) is 9.69 Å². The maximum atomic E-state index is 11.6. The van der Waals surface area contributed by atoms with Gasteiger partial charge >= 0.3 is 0 Å². The van der Waals surface area contributed by atoms with E-state index >= 15 is 0 Å². The lowest BCUT2D eigenvalue weighted by molar-refractivity contribution is 0.0591. The predicted molar refractivity (Wildman–Crippen MR) is 113 cm³/mol. The zero-order valence-electron chi connectivity index (χ0n) is 17.6. The van der Waals surface area contributed by atoms with Crippen LogP contribution < -0.4 is 5.73 Å². The summed E-state index contributed by atoms with van der Waals surface area (Å²) < 4.78 is 0. The van der Waals surface area contributed by atoms with Crippen molar-refractivity contribution in [2.45, 2.75) is 82.8 Å². The van der Waals surface area contributed by atoms with E-state index in [0.29, 0.717) is 35.5 Å². The lowest BCUT2D eigenvalue weighted by atomic mass is 9.82. The number of hydrogen-bond acceptors (Lipinski definition) is 4. The number of nitrogens with two attached hydrogens (primary N) is 1. The van der Waals surface area contributed by atoms with E-state index < -0.39 is 0 Å². The van der Waals surface area contributed by atoms with E-state index in [9.17, 15) is 4.79 Å². The third-order valence-electron chi connectivity index (χ3n) is 7.28.